The Bertz CT molecular complexity index is 1860. The first-order chi connectivity index (χ1) is 33.4. The van der Waals surface area contributed by atoms with E-state index in [2.05, 4.69) is 57.7 Å². The molecule has 0 aliphatic carbocycles. The quantitative estimate of drug-likeness (QED) is 0.0160. The number of halogens is 2. The smallest absolute Gasteiger partial charge is 0.357 e. The fraction of sp³-hybridized carbons (Fsp3) is 0.659. The highest BCUT2D eigenvalue weighted by Gasteiger charge is 2.50. The predicted molar refractivity (Wildman–Crippen MR) is 269 cm³/mol. The average Bonchev–Trinajstić information content (AvgIpc) is 3.87. The zero-order valence-electron chi connectivity index (χ0n) is 39.1. The van der Waals surface area contributed by atoms with E-state index in [0.29, 0.717) is 36.9 Å². The summed E-state index contributed by atoms with van der Waals surface area (Å²) in [5, 5.41) is 71.1. The van der Waals surface area contributed by atoms with Crippen LogP contribution in [-0.4, -0.2) is 183 Å². The maximum absolute atomic E-state index is 12.3. The number of hydrogen-bond donors (Lipinski definition) is 10. The minimum absolute atomic E-state index is 0. The van der Waals surface area contributed by atoms with Crippen molar-refractivity contribution in [2.24, 2.45) is 0 Å². The van der Waals surface area contributed by atoms with Gasteiger partial charge in [-0.2, -0.15) is 23.5 Å². The molecule has 2 rings (SSSR count). The topological polar surface area (TPSA) is 462 Å². The number of aliphatic carboxylic acids is 6. The van der Waals surface area contributed by atoms with E-state index in [9.17, 15) is 77.3 Å². The van der Waals surface area contributed by atoms with Crippen LogP contribution >= 0.6 is 60.8 Å². The van der Waals surface area contributed by atoms with Gasteiger partial charge in [0.05, 0.1) is 31.3 Å². The second kappa shape index (κ2) is 38.9. The molecular formula is C41H62I2N2O26S2. The number of hydroxylamine groups is 2. The largest absolute Gasteiger partial charge is 0.481 e. The molecule has 2 aliphatic heterocycles. The van der Waals surface area contributed by atoms with E-state index >= 15 is 0 Å². The van der Waals surface area contributed by atoms with E-state index in [1.54, 1.807) is 0 Å². The molecule has 0 spiro atoms. The molecule has 0 aromatic carbocycles. The number of carbonyl (C=O) groups excluding carboxylic acids is 8. The van der Waals surface area contributed by atoms with Crippen LogP contribution in [0.4, 0.5) is 0 Å². The SMILES string of the molecule is C.CC(=O)C[C@](O)(CCC(=O)O)C(=O)O.CSCC[C@H](C=O)NOC(=O)CC[C@@](O)(CC(C)=O)C(=O)ON[C@@H](C=O)CCSC.II.O=C(O)C[C@@]1(C(=O)O)CCC(=O)O1.O=C(O)C[C@@]1(C(=O)O)CCC(=O)O1. The summed E-state index contributed by atoms with van der Waals surface area (Å²) in [6, 6.07) is -1.44. The summed E-state index contributed by atoms with van der Waals surface area (Å²) in [5.74, 6) is -11.2. The number of cyclic esters (lactones) is 2. The van der Waals surface area contributed by atoms with E-state index < -0.39 is 157 Å². The van der Waals surface area contributed by atoms with Crippen molar-refractivity contribution >= 4 is 145 Å². The van der Waals surface area contributed by atoms with Crippen molar-refractivity contribution in [3.63, 3.8) is 0 Å². The van der Waals surface area contributed by atoms with Gasteiger partial charge in [-0.3, -0.25) is 38.4 Å². The molecule has 0 bridgehead atoms. The highest BCUT2D eigenvalue weighted by molar-refractivity contribution is 15.0. The zero-order valence-corrected chi connectivity index (χ0v) is 45.1. The number of hydrogen-bond acceptors (Lipinski definition) is 24. The van der Waals surface area contributed by atoms with Crippen LogP contribution in [-0.2, 0) is 86.3 Å². The van der Waals surface area contributed by atoms with Gasteiger partial charge in [-0.1, -0.05) is 7.43 Å². The second-order valence-corrected chi connectivity index (χ2v) is 17.3. The highest BCUT2D eigenvalue weighted by atomic mass is 128. The lowest BCUT2D eigenvalue weighted by Crippen LogP contribution is -2.46. The Hall–Kier alpha value is -4.62. The summed E-state index contributed by atoms with van der Waals surface area (Å²) in [6.45, 7) is 2.31. The first-order valence-corrected chi connectivity index (χ1v) is 29.7. The number of aliphatic hydroxyl groups is 2. The lowest BCUT2D eigenvalue weighted by molar-refractivity contribution is -0.179. The Morgan fingerprint density at radius 1 is 0.658 bits per heavy atom. The number of Topliss-reactive ketones (excluding diaryl/α,β-unsaturated/α-hetero) is 2. The molecule has 0 radical (unpaired) electrons. The number of rotatable bonds is 30. The number of thioether (sulfide) groups is 2. The number of ether oxygens (including phenoxy) is 2. The standard InChI is InChI=1S/C18H30N2O8S2.C8H12O6.2C7H8O6.CH4.I2/c1-13(23)10-18(26,17(25)28-20-15(12-22)6-9-30-3)7-4-16(24)27-19-14(11-21)5-8-29-2;1-5(9)4-8(14,7(12)13)3-2-6(10)11;2*8-4(9)3-7(6(11)12)2-1-5(10)13-7;;1-2/h11-12,14-15,19-20,26H,4-10H2,1-3H3;14H,2-4H2,1H3,(H,10,11)(H,12,13);2*1-3H2,(H,8,9)(H,11,12);1H4;/t14-,15-,18-;8-;2*7-;;/m1111../s1. The first-order valence-electron chi connectivity index (χ1n) is 20.6. The predicted octanol–water partition coefficient (Wildman–Crippen LogP) is 1.51. The lowest BCUT2D eigenvalue weighted by Gasteiger charge is -2.25. The number of ketones is 2. The van der Waals surface area contributed by atoms with Crippen molar-refractivity contribution in [2.45, 2.75) is 146 Å². The number of nitrogens with one attached hydrogen (secondary N) is 2. The molecule has 0 unspecified atom stereocenters. The molecule has 28 nitrogen and oxygen atoms in total. The fourth-order valence-corrected chi connectivity index (χ4v) is 6.61. The number of carboxylic acids is 6. The maximum Gasteiger partial charge on any atom is 0.357 e. The van der Waals surface area contributed by atoms with Crippen molar-refractivity contribution in [2.75, 3.05) is 24.0 Å². The summed E-state index contributed by atoms with van der Waals surface area (Å²) < 4.78 is 9.00. The number of carbonyl (C=O) groups is 14. The van der Waals surface area contributed by atoms with Crippen molar-refractivity contribution in [1.82, 2.24) is 11.0 Å². The number of aldehydes is 2. The van der Waals surface area contributed by atoms with Crippen molar-refractivity contribution in [3.8, 4) is 0 Å². The summed E-state index contributed by atoms with van der Waals surface area (Å²) in [5.41, 5.74) is -3.62. The molecule has 0 amide bonds. The lowest BCUT2D eigenvalue weighted by atomic mass is 9.92. The van der Waals surface area contributed by atoms with E-state index in [1.807, 2.05) is 12.5 Å². The monoisotopic (exact) mass is 1320 g/mol. The molecule has 2 saturated heterocycles. The molecule has 0 aromatic rings. The van der Waals surface area contributed by atoms with Crippen LogP contribution in [0.5, 0.6) is 0 Å². The Morgan fingerprint density at radius 2 is 1.03 bits per heavy atom. The summed E-state index contributed by atoms with van der Waals surface area (Å²) in [7, 11) is 0. The Morgan fingerprint density at radius 3 is 1.32 bits per heavy atom. The summed E-state index contributed by atoms with van der Waals surface area (Å²) in [6.07, 6.45) is 1.18. The molecule has 10 N–H and O–H groups in total. The van der Waals surface area contributed by atoms with Crippen LogP contribution in [0.1, 0.15) is 111 Å². The summed E-state index contributed by atoms with van der Waals surface area (Å²) in [4.78, 5) is 162. The number of carboxylic acid groups (broad SMARTS) is 6. The normalized spacial score (nSPS) is 18.5. The molecule has 6 atom stereocenters. The van der Waals surface area contributed by atoms with Crippen molar-refractivity contribution in [3.05, 3.63) is 0 Å². The first kappa shape index (κ1) is 74.9. The molecule has 418 valence electrons. The Kier molecular flexibility index (Phi) is 39.9. The van der Waals surface area contributed by atoms with Crippen LogP contribution in [0, 0.1) is 0 Å². The van der Waals surface area contributed by atoms with Crippen LogP contribution in [0.3, 0.4) is 0 Å². The van der Waals surface area contributed by atoms with Gasteiger partial charge in [0.2, 0.25) is 11.2 Å². The van der Waals surface area contributed by atoms with Gasteiger partial charge in [-0.25, -0.2) is 19.2 Å². The Balaban J connectivity index is -0.000000463. The zero-order chi connectivity index (χ0) is 56.5. The minimum atomic E-state index is -2.27. The molecule has 0 aromatic heterocycles. The third kappa shape index (κ3) is 31.7. The minimum Gasteiger partial charge on any atom is -0.481 e. The van der Waals surface area contributed by atoms with Crippen LogP contribution in [0.25, 0.3) is 0 Å². The Labute approximate surface area is 449 Å². The van der Waals surface area contributed by atoms with E-state index in [4.69, 9.17) is 40.3 Å². The third-order valence-corrected chi connectivity index (χ3v) is 10.6. The molecule has 2 fully saturated rings. The fourth-order valence-electron chi connectivity index (χ4n) is 5.63. The maximum atomic E-state index is 12.3. The third-order valence-electron chi connectivity index (χ3n) is 9.32. The van der Waals surface area contributed by atoms with Crippen LogP contribution in [0.15, 0.2) is 0 Å². The molecule has 2 aliphatic rings. The average molecular weight is 1320 g/mol. The van der Waals surface area contributed by atoms with Gasteiger partial charge >= 0.3 is 59.7 Å². The van der Waals surface area contributed by atoms with Crippen molar-refractivity contribution < 1.29 is 127 Å². The van der Waals surface area contributed by atoms with Gasteiger partial charge in [0.15, 0.2) is 11.2 Å². The van der Waals surface area contributed by atoms with Gasteiger partial charge < -0.3 is 69.6 Å². The number of esters is 2. The van der Waals surface area contributed by atoms with Crippen LogP contribution in [0.2, 0.25) is 0 Å². The van der Waals surface area contributed by atoms with Crippen molar-refractivity contribution in [1.29, 1.82) is 0 Å². The van der Waals surface area contributed by atoms with Gasteiger partial charge in [-0.05, 0) is 63.5 Å². The molecule has 32 heteroatoms. The van der Waals surface area contributed by atoms with Gasteiger partial charge in [0.25, 0.3) is 0 Å². The van der Waals surface area contributed by atoms with E-state index in [0.717, 1.165) is 6.92 Å². The molecular weight excluding hydrogens is 1250 g/mol. The van der Waals surface area contributed by atoms with Gasteiger partial charge in [0.1, 0.15) is 24.1 Å². The second-order valence-electron chi connectivity index (χ2n) is 15.4. The van der Waals surface area contributed by atoms with Crippen LogP contribution < -0.4 is 11.0 Å². The highest BCUT2D eigenvalue weighted by Crippen LogP contribution is 2.31. The van der Waals surface area contributed by atoms with Gasteiger partial charge in [0, 0.05) is 82.2 Å². The van der Waals surface area contributed by atoms with E-state index in [1.165, 1.54) is 30.4 Å². The van der Waals surface area contributed by atoms with E-state index in [-0.39, 0.29) is 33.1 Å². The molecule has 73 heavy (non-hydrogen) atoms. The van der Waals surface area contributed by atoms with Gasteiger partial charge in [-0.15, -0.1) is 11.0 Å². The summed E-state index contributed by atoms with van der Waals surface area (Å²) >= 11 is 7.27. The molecule has 2 heterocycles. The molecule has 0 saturated carbocycles.